The Kier molecular flexibility index (Phi) is 4.22. The van der Waals surface area contributed by atoms with Crippen molar-refractivity contribution in [1.29, 1.82) is 0 Å². The van der Waals surface area contributed by atoms with Crippen LogP contribution in [0.5, 0.6) is 0 Å². The average molecular weight is 265 g/mol. The van der Waals surface area contributed by atoms with Gasteiger partial charge in [-0.3, -0.25) is 0 Å². The van der Waals surface area contributed by atoms with Crippen molar-refractivity contribution in [2.24, 2.45) is 0 Å². The van der Waals surface area contributed by atoms with Gasteiger partial charge in [-0.05, 0) is 18.6 Å². The minimum absolute atomic E-state index is 0.325. The second kappa shape index (κ2) is 5.72. The molecule has 19 heavy (non-hydrogen) atoms. The van der Waals surface area contributed by atoms with E-state index in [-0.39, 0.29) is 5.82 Å². The molecule has 2 aromatic rings. The van der Waals surface area contributed by atoms with E-state index in [9.17, 15) is 4.39 Å². The van der Waals surface area contributed by atoms with E-state index in [1.54, 1.807) is 13.2 Å². The summed E-state index contributed by atoms with van der Waals surface area (Å²) < 4.78 is 24.8. The first-order valence-corrected chi connectivity index (χ1v) is 6.46. The van der Waals surface area contributed by atoms with Crippen molar-refractivity contribution in [3.63, 3.8) is 0 Å². The summed E-state index contributed by atoms with van der Waals surface area (Å²) in [6.07, 6.45) is 0. The Labute approximate surface area is 112 Å². The van der Waals surface area contributed by atoms with Gasteiger partial charge in [0.15, 0.2) is 11.4 Å². The first-order chi connectivity index (χ1) is 9.04. The lowest BCUT2D eigenvalue weighted by Crippen LogP contribution is -2.22. The molecule has 0 atom stereocenters. The lowest BCUT2D eigenvalue weighted by Gasteiger charge is -2.07. The van der Waals surface area contributed by atoms with E-state index >= 15 is 0 Å². The van der Waals surface area contributed by atoms with Crippen LogP contribution in [0.25, 0.3) is 11.0 Å². The van der Waals surface area contributed by atoms with Gasteiger partial charge in [0, 0.05) is 24.1 Å². The summed E-state index contributed by atoms with van der Waals surface area (Å²) in [7, 11) is 1.63. The predicted octanol–water partition coefficient (Wildman–Crippen LogP) is 3.52. The van der Waals surface area contributed by atoms with E-state index < -0.39 is 0 Å². The van der Waals surface area contributed by atoms with Crippen LogP contribution in [0.2, 0.25) is 0 Å². The average Bonchev–Trinajstić information content (AvgIpc) is 2.72. The molecule has 0 fully saturated rings. The van der Waals surface area contributed by atoms with Gasteiger partial charge in [-0.2, -0.15) is 0 Å². The lowest BCUT2D eigenvalue weighted by molar-refractivity contribution is 0.183. The molecule has 104 valence electrons. The number of benzene rings is 1. The number of furan rings is 1. The Hall–Kier alpha value is -1.39. The highest BCUT2D eigenvalue weighted by molar-refractivity contribution is 5.86. The molecule has 1 aromatic heterocycles. The van der Waals surface area contributed by atoms with Gasteiger partial charge in [0.1, 0.15) is 5.76 Å². The highest BCUT2D eigenvalue weighted by atomic mass is 19.1. The van der Waals surface area contributed by atoms with Gasteiger partial charge < -0.3 is 14.5 Å². The van der Waals surface area contributed by atoms with Crippen LogP contribution in [0, 0.1) is 12.7 Å². The van der Waals surface area contributed by atoms with Gasteiger partial charge in [-0.1, -0.05) is 19.9 Å². The van der Waals surface area contributed by atoms with Crippen molar-refractivity contribution >= 4 is 11.0 Å². The van der Waals surface area contributed by atoms with Crippen LogP contribution in [0.15, 0.2) is 16.5 Å². The second-order valence-electron chi connectivity index (χ2n) is 5.04. The number of hydrogen-bond donors (Lipinski definition) is 1. The third-order valence-electron chi connectivity index (χ3n) is 3.14. The molecule has 0 bridgehead atoms. The predicted molar refractivity (Wildman–Crippen MR) is 73.6 cm³/mol. The molecule has 1 N–H and O–H groups in total. The van der Waals surface area contributed by atoms with Crippen molar-refractivity contribution in [3.8, 4) is 0 Å². The van der Waals surface area contributed by atoms with Crippen LogP contribution < -0.4 is 5.32 Å². The summed E-state index contributed by atoms with van der Waals surface area (Å²) in [4.78, 5) is 0. The molecule has 0 aliphatic rings. The molecule has 0 radical (unpaired) electrons. The molecule has 4 heteroatoms. The van der Waals surface area contributed by atoms with Gasteiger partial charge in [0.2, 0.25) is 0 Å². The molecule has 0 spiro atoms. The van der Waals surface area contributed by atoms with Crippen molar-refractivity contribution < 1.29 is 13.5 Å². The minimum atomic E-state index is -0.325. The number of rotatable bonds is 5. The molecule has 0 unspecified atom stereocenters. The Morgan fingerprint density at radius 1 is 1.37 bits per heavy atom. The first kappa shape index (κ1) is 14.0. The fraction of sp³-hybridized carbons (Fsp3) is 0.467. The fourth-order valence-corrected chi connectivity index (χ4v) is 2.19. The zero-order chi connectivity index (χ0) is 14.0. The zero-order valence-corrected chi connectivity index (χ0v) is 11.8. The van der Waals surface area contributed by atoms with Crippen LogP contribution in [-0.2, 0) is 17.9 Å². The van der Waals surface area contributed by atoms with Crippen molar-refractivity contribution in [3.05, 3.63) is 34.8 Å². The molecule has 1 aromatic carbocycles. The Balaban J connectivity index is 2.53. The van der Waals surface area contributed by atoms with Crippen LogP contribution in [-0.4, -0.2) is 13.2 Å². The van der Waals surface area contributed by atoms with Crippen molar-refractivity contribution in [2.75, 3.05) is 7.11 Å². The fourth-order valence-electron chi connectivity index (χ4n) is 2.19. The normalized spacial score (nSPS) is 11.7. The number of aryl methyl sites for hydroxylation is 1. The van der Waals surface area contributed by atoms with Crippen LogP contribution in [0.1, 0.15) is 30.7 Å². The zero-order valence-electron chi connectivity index (χ0n) is 11.8. The summed E-state index contributed by atoms with van der Waals surface area (Å²) in [5, 5.41) is 4.12. The number of methoxy groups -OCH3 is 1. The Morgan fingerprint density at radius 2 is 2.11 bits per heavy atom. The van der Waals surface area contributed by atoms with Gasteiger partial charge in [-0.15, -0.1) is 0 Å². The minimum Gasteiger partial charge on any atom is -0.456 e. The smallest absolute Gasteiger partial charge is 0.170 e. The standard InChI is InChI=1S/C15H20FNO2/c1-9(2)17-7-13-11(8-18-4)14-10(3)5-6-12(16)15(14)19-13/h5-6,9,17H,7-8H2,1-4H3. The van der Waals surface area contributed by atoms with Gasteiger partial charge in [0.05, 0.1) is 13.2 Å². The van der Waals surface area contributed by atoms with Crippen LogP contribution >= 0.6 is 0 Å². The molecule has 0 aliphatic carbocycles. The number of halogens is 1. The largest absolute Gasteiger partial charge is 0.456 e. The SMILES string of the molecule is COCc1c(CNC(C)C)oc2c(F)ccc(C)c12. The van der Waals surface area contributed by atoms with E-state index in [1.807, 2.05) is 6.92 Å². The van der Waals surface area contributed by atoms with Crippen LogP contribution in [0.4, 0.5) is 4.39 Å². The van der Waals surface area contributed by atoms with Gasteiger partial charge >= 0.3 is 0 Å². The van der Waals surface area contributed by atoms with E-state index in [4.69, 9.17) is 9.15 Å². The van der Waals surface area contributed by atoms with Crippen LogP contribution in [0.3, 0.4) is 0 Å². The number of nitrogens with one attached hydrogen (secondary N) is 1. The van der Waals surface area contributed by atoms with E-state index in [2.05, 4.69) is 19.2 Å². The highest BCUT2D eigenvalue weighted by Crippen LogP contribution is 2.31. The monoisotopic (exact) mass is 265 g/mol. The summed E-state index contributed by atoms with van der Waals surface area (Å²) in [6.45, 7) is 7.07. The van der Waals surface area contributed by atoms with Gasteiger partial charge in [0.25, 0.3) is 0 Å². The summed E-state index contributed by atoms with van der Waals surface area (Å²) in [5.74, 6) is 0.424. The highest BCUT2D eigenvalue weighted by Gasteiger charge is 2.18. The molecule has 0 aliphatic heterocycles. The molecular formula is C15H20FNO2. The maximum Gasteiger partial charge on any atom is 0.170 e. The van der Waals surface area contributed by atoms with E-state index in [0.717, 1.165) is 22.3 Å². The van der Waals surface area contributed by atoms with E-state index in [1.165, 1.54) is 6.07 Å². The lowest BCUT2D eigenvalue weighted by atomic mass is 10.1. The number of hydrogen-bond acceptors (Lipinski definition) is 3. The molecule has 0 saturated heterocycles. The molecule has 1 heterocycles. The molecule has 0 saturated carbocycles. The molecule has 2 rings (SSSR count). The number of ether oxygens (including phenoxy) is 1. The number of fused-ring (bicyclic) bond motifs is 1. The topological polar surface area (TPSA) is 34.4 Å². The molecular weight excluding hydrogens is 245 g/mol. The quantitative estimate of drug-likeness (QED) is 0.898. The van der Waals surface area contributed by atoms with Crippen molar-refractivity contribution in [2.45, 2.75) is 40.0 Å². The van der Waals surface area contributed by atoms with E-state index in [0.29, 0.717) is 24.8 Å². The Morgan fingerprint density at radius 3 is 2.74 bits per heavy atom. The second-order valence-corrected chi connectivity index (χ2v) is 5.04. The third-order valence-corrected chi connectivity index (χ3v) is 3.14. The maximum absolute atomic E-state index is 13.8. The molecule has 3 nitrogen and oxygen atoms in total. The van der Waals surface area contributed by atoms with Gasteiger partial charge in [-0.25, -0.2) is 4.39 Å². The summed E-state index contributed by atoms with van der Waals surface area (Å²) in [6, 6.07) is 3.55. The summed E-state index contributed by atoms with van der Waals surface area (Å²) >= 11 is 0. The molecule has 0 amide bonds. The summed E-state index contributed by atoms with van der Waals surface area (Å²) in [5.41, 5.74) is 2.26. The van der Waals surface area contributed by atoms with Crippen molar-refractivity contribution in [1.82, 2.24) is 5.32 Å². The first-order valence-electron chi connectivity index (χ1n) is 6.46. The Bertz CT molecular complexity index is 575. The third kappa shape index (κ3) is 2.80. The maximum atomic E-state index is 13.8.